The Kier molecular flexibility index (Phi) is 3.82. The number of anilines is 2. The Morgan fingerprint density at radius 2 is 2.23 bits per heavy atom. The second kappa shape index (κ2) is 6.09. The summed E-state index contributed by atoms with van der Waals surface area (Å²) in [5.74, 6) is 0.492. The maximum Gasteiger partial charge on any atom is 0.248 e. The molecule has 0 atom stereocenters. The number of imidazole rings is 1. The van der Waals surface area contributed by atoms with Crippen LogP contribution >= 0.6 is 0 Å². The van der Waals surface area contributed by atoms with E-state index in [1.165, 1.54) is 6.08 Å². The summed E-state index contributed by atoms with van der Waals surface area (Å²) < 4.78 is 0. The molecular weight excluding hydrogens is 278 g/mol. The molecule has 6 heteroatoms. The van der Waals surface area contributed by atoms with Gasteiger partial charge < -0.3 is 15.6 Å². The van der Waals surface area contributed by atoms with Crippen LogP contribution in [0.5, 0.6) is 0 Å². The number of carbonyl (C=O) groups is 1. The van der Waals surface area contributed by atoms with Gasteiger partial charge in [0.25, 0.3) is 0 Å². The molecular formula is C16H15N5O. The molecule has 0 bridgehead atoms. The first-order valence-corrected chi connectivity index (χ1v) is 6.81. The van der Waals surface area contributed by atoms with Gasteiger partial charge in [0.1, 0.15) is 0 Å². The van der Waals surface area contributed by atoms with Gasteiger partial charge in [0, 0.05) is 31.2 Å². The summed E-state index contributed by atoms with van der Waals surface area (Å²) in [7, 11) is 1.80. The van der Waals surface area contributed by atoms with Gasteiger partial charge in [-0.2, -0.15) is 0 Å². The van der Waals surface area contributed by atoms with Crippen molar-refractivity contribution in [2.75, 3.05) is 17.7 Å². The first-order valence-electron chi connectivity index (χ1n) is 6.81. The van der Waals surface area contributed by atoms with Crippen LogP contribution < -0.4 is 10.6 Å². The molecule has 0 aliphatic carbocycles. The second-order valence-corrected chi connectivity index (χ2v) is 4.68. The van der Waals surface area contributed by atoms with Gasteiger partial charge in [0.05, 0.1) is 11.0 Å². The highest BCUT2D eigenvalue weighted by Crippen LogP contribution is 2.18. The number of nitrogens with zero attached hydrogens (tertiary/aromatic N) is 2. The van der Waals surface area contributed by atoms with E-state index in [1.54, 1.807) is 25.5 Å². The Morgan fingerprint density at radius 1 is 1.32 bits per heavy atom. The van der Waals surface area contributed by atoms with E-state index in [0.717, 1.165) is 16.6 Å². The number of nitrogens with one attached hydrogen (secondary N) is 3. The van der Waals surface area contributed by atoms with Crippen LogP contribution in [-0.2, 0) is 4.79 Å². The molecule has 2 aromatic heterocycles. The first kappa shape index (κ1) is 13.8. The largest absolute Gasteiger partial charge is 0.359 e. The number of aromatic nitrogens is 3. The van der Waals surface area contributed by atoms with Crippen molar-refractivity contribution in [1.82, 2.24) is 15.0 Å². The smallest absolute Gasteiger partial charge is 0.248 e. The number of H-pyrrole nitrogens is 1. The third-order valence-corrected chi connectivity index (χ3v) is 3.10. The van der Waals surface area contributed by atoms with Crippen LogP contribution in [0.4, 0.5) is 11.6 Å². The Balaban J connectivity index is 1.72. The van der Waals surface area contributed by atoms with Crippen LogP contribution in [-0.4, -0.2) is 27.9 Å². The lowest BCUT2D eigenvalue weighted by atomic mass is 10.2. The topological polar surface area (TPSA) is 82.7 Å². The molecule has 0 fully saturated rings. The minimum atomic E-state index is -0.198. The molecule has 0 unspecified atom stereocenters. The molecule has 3 aromatic rings. The molecule has 3 rings (SSSR count). The van der Waals surface area contributed by atoms with Crippen molar-refractivity contribution in [3.8, 4) is 0 Å². The number of rotatable bonds is 4. The number of pyridine rings is 1. The SMILES string of the molecule is CNc1nc2ccc(NC(=O)/C=C/c3cccnc3)cc2[nH]1. The average Bonchev–Trinajstić information content (AvgIpc) is 2.96. The molecule has 2 heterocycles. The lowest BCUT2D eigenvalue weighted by Crippen LogP contribution is -2.07. The standard InChI is InChI=1S/C16H15N5O/c1-17-16-20-13-6-5-12(9-14(13)21-16)19-15(22)7-4-11-3-2-8-18-10-11/h2-10H,1H3,(H,19,22)(H2,17,20,21)/b7-4+. The molecule has 3 N–H and O–H groups in total. The quantitative estimate of drug-likeness (QED) is 0.646. The number of benzene rings is 1. The van der Waals surface area contributed by atoms with Gasteiger partial charge in [-0.05, 0) is 35.9 Å². The summed E-state index contributed by atoms with van der Waals surface area (Å²) in [5, 5.41) is 5.76. The summed E-state index contributed by atoms with van der Waals surface area (Å²) >= 11 is 0. The number of amides is 1. The van der Waals surface area contributed by atoms with E-state index in [0.29, 0.717) is 11.6 Å². The Hall–Kier alpha value is -3.15. The number of carbonyl (C=O) groups excluding carboxylic acids is 1. The average molecular weight is 293 g/mol. The van der Waals surface area contributed by atoms with Crippen LogP contribution in [0.25, 0.3) is 17.1 Å². The minimum Gasteiger partial charge on any atom is -0.359 e. The predicted molar refractivity (Wildman–Crippen MR) is 87.5 cm³/mol. The number of aromatic amines is 1. The summed E-state index contributed by atoms with van der Waals surface area (Å²) in [6.07, 6.45) is 6.58. The highest BCUT2D eigenvalue weighted by molar-refractivity contribution is 6.02. The van der Waals surface area contributed by atoms with Crippen LogP contribution in [0.15, 0.2) is 48.8 Å². The summed E-state index contributed by atoms with van der Waals surface area (Å²) in [4.78, 5) is 23.4. The van der Waals surface area contributed by atoms with Crippen molar-refractivity contribution in [1.29, 1.82) is 0 Å². The fourth-order valence-electron chi connectivity index (χ4n) is 2.04. The second-order valence-electron chi connectivity index (χ2n) is 4.68. The van der Waals surface area contributed by atoms with Crippen molar-refractivity contribution in [3.05, 3.63) is 54.4 Å². The zero-order valence-corrected chi connectivity index (χ0v) is 12.0. The monoisotopic (exact) mass is 293 g/mol. The molecule has 0 aliphatic heterocycles. The Bertz CT molecular complexity index is 823. The minimum absolute atomic E-state index is 0.198. The molecule has 0 radical (unpaired) electrons. The van der Waals surface area contributed by atoms with Crippen molar-refractivity contribution in [2.45, 2.75) is 0 Å². The van der Waals surface area contributed by atoms with E-state index in [2.05, 4.69) is 25.6 Å². The van der Waals surface area contributed by atoms with Crippen molar-refractivity contribution >= 4 is 34.7 Å². The predicted octanol–water partition coefficient (Wildman–Crippen LogP) is 2.65. The number of fused-ring (bicyclic) bond motifs is 1. The van der Waals surface area contributed by atoms with Gasteiger partial charge >= 0.3 is 0 Å². The summed E-state index contributed by atoms with van der Waals surface area (Å²) in [5.41, 5.74) is 3.28. The van der Waals surface area contributed by atoms with E-state index in [4.69, 9.17) is 0 Å². The maximum atomic E-state index is 11.9. The highest BCUT2D eigenvalue weighted by atomic mass is 16.1. The highest BCUT2D eigenvalue weighted by Gasteiger charge is 2.03. The summed E-state index contributed by atoms with van der Waals surface area (Å²) in [6.45, 7) is 0. The zero-order valence-electron chi connectivity index (χ0n) is 12.0. The molecule has 0 saturated carbocycles. The van der Waals surface area contributed by atoms with Gasteiger partial charge in [-0.15, -0.1) is 0 Å². The van der Waals surface area contributed by atoms with Crippen LogP contribution in [0.1, 0.15) is 5.56 Å². The van der Waals surface area contributed by atoms with Crippen molar-refractivity contribution in [3.63, 3.8) is 0 Å². The van der Waals surface area contributed by atoms with Gasteiger partial charge in [-0.1, -0.05) is 6.07 Å². The molecule has 110 valence electrons. The fraction of sp³-hybridized carbons (Fsp3) is 0.0625. The van der Waals surface area contributed by atoms with Crippen molar-refractivity contribution in [2.24, 2.45) is 0 Å². The fourth-order valence-corrected chi connectivity index (χ4v) is 2.04. The van der Waals surface area contributed by atoms with Crippen LogP contribution in [0.2, 0.25) is 0 Å². The lowest BCUT2D eigenvalue weighted by molar-refractivity contribution is -0.111. The molecule has 22 heavy (non-hydrogen) atoms. The molecule has 0 spiro atoms. The zero-order chi connectivity index (χ0) is 15.4. The first-order chi connectivity index (χ1) is 10.7. The molecule has 0 aliphatic rings. The number of hydrogen-bond donors (Lipinski definition) is 3. The summed E-state index contributed by atoms with van der Waals surface area (Å²) in [6, 6.07) is 9.22. The number of hydrogen-bond acceptors (Lipinski definition) is 4. The van der Waals surface area contributed by atoms with E-state index in [9.17, 15) is 4.79 Å². The Morgan fingerprint density at radius 3 is 3.00 bits per heavy atom. The molecule has 1 amide bonds. The van der Waals surface area contributed by atoms with Crippen LogP contribution in [0.3, 0.4) is 0 Å². The van der Waals surface area contributed by atoms with E-state index >= 15 is 0 Å². The lowest BCUT2D eigenvalue weighted by Gasteiger charge is -2.01. The molecule has 1 aromatic carbocycles. The van der Waals surface area contributed by atoms with Crippen LogP contribution in [0, 0.1) is 0 Å². The van der Waals surface area contributed by atoms with Gasteiger partial charge in [-0.3, -0.25) is 9.78 Å². The van der Waals surface area contributed by atoms with E-state index < -0.39 is 0 Å². The van der Waals surface area contributed by atoms with E-state index in [-0.39, 0.29) is 5.91 Å². The molecule has 6 nitrogen and oxygen atoms in total. The maximum absolute atomic E-state index is 11.9. The molecule has 0 saturated heterocycles. The Labute approximate surface area is 127 Å². The van der Waals surface area contributed by atoms with Gasteiger partial charge in [0.15, 0.2) is 0 Å². The van der Waals surface area contributed by atoms with Gasteiger partial charge in [-0.25, -0.2) is 4.98 Å². The van der Waals surface area contributed by atoms with E-state index in [1.807, 2.05) is 30.3 Å². The normalized spacial score (nSPS) is 11.0. The third-order valence-electron chi connectivity index (χ3n) is 3.10. The third kappa shape index (κ3) is 3.12. The van der Waals surface area contributed by atoms with Crippen molar-refractivity contribution < 1.29 is 4.79 Å². The van der Waals surface area contributed by atoms with Gasteiger partial charge in [0.2, 0.25) is 11.9 Å².